The van der Waals surface area contributed by atoms with Gasteiger partial charge in [-0.15, -0.1) is 0 Å². The van der Waals surface area contributed by atoms with Gasteiger partial charge in [0.1, 0.15) is 0 Å². The van der Waals surface area contributed by atoms with Gasteiger partial charge in [0.15, 0.2) is 11.5 Å². The Kier molecular flexibility index (Phi) is 4.87. The number of ether oxygens (including phenoxy) is 2. The predicted octanol–water partition coefficient (Wildman–Crippen LogP) is 3.70. The van der Waals surface area contributed by atoms with Crippen molar-refractivity contribution >= 4 is 5.91 Å². The highest BCUT2D eigenvalue weighted by Gasteiger charge is 2.42. The van der Waals surface area contributed by atoms with Crippen molar-refractivity contribution in [3.8, 4) is 11.5 Å². The number of carbonyl (C=O) groups excluding carboxylic acids is 1. The van der Waals surface area contributed by atoms with Crippen LogP contribution in [0.3, 0.4) is 0 Å². The molecule has 1 amide bonds. The summed E-state index contributed by atoms with van der Waals surface area (Å²) in [6.07, 6.45) is -2.31. The molecule has 2 aliphatic rings. The number of nitrogens with one attached hydrogen (secondary N) is 1. The summed E-state index contributed by atoms with van der Waals surface area (Å²) in [6.45, 7) is 1.06. The Balaban J connectivity index is 1.65. The van der Waals surface area contributed by atoms with Gasteiger partial charge in [-0.05, 0) is 37.5 Å². The third kappa shape index (κ3) is 3.94. The summed E-state index contributed by atoms with van der Waals surface area (Å²) in [4.78, 5) is 12.4. The number of halogens is 3. The molecule has 0 spiro atoms. The molecule has 0 aromatic heterocycles. The molecule has 1 aliphatic carbocycles. The van der Waals surface area contributed by atoms with Crippen LogP contribution >= 0.6 is 0 Å². The standard InChI is InChI=1S/C17H20F3NO3/c18-17(19,20)12-3-1-4-13(10-12)21-16(22)11-5-6-14-15(9-11)24-8-2-7-23-14/h5-6,9,12-13H,1-4,7-8,10H2,(H,21,22)/t12-,13-/m1/s1. The summed E-state index contributed by atoms with van der Waals surface area (Å²) in [5, 5.41) is 2.72. The Morgan fingerprint density at radius 1 is 1.08 bits per heavy atom. The van der Waals surface area contributed by atoms with Gasteiger partial charge in [0.25, 0.3) is 5.91 Å². The first-order valence-corrected chi connectivity index (χ1v) is 8.21. The van der Waals surface area contributed by atoms with Gasteiger partial charge >= 0.3 is 6.18 Å². The zero-order chi connectivity index (χ0) is 17.2. The van der Waals surface area contributed by atoms with Crippen LogP contribution in [0.1, 0.15) is 42.5 Å². The summed E-state index contributed by atoms with van der Waals surface area (Å²) < 4.78 is 49.6. The molecule has 132 valence electrons. The minimum Gasteiger partial charge on any atom is -0.490 e. The van der Waals surface area contributed by atoms with Crippen molar-refractivity contribution in [3.63, 3.8) is 0 Å². The molecule has 4 nitrogen and oxygen atoms in total. The van der Waals surface area contributed by atoms with Crippen molar-refractivity contribution in [2.75, 3.05) is 13.2 Å². The molecule has 24 heavy (non-hydrogen) atoms. The lowest BCUT2D eigenvalue weighted by Crippen LogP contribution is -2.41. The van der Waals surface area contributed by atoms with E-state index in [1.54, 1.807) is 18.2 Å². The molecule has 1 heterocycles. The van der Waals surface area contributed by atoms with E-state index in [1.165, 1.54) is 0 Å². The fourth-order valence-corrected chi connectivity index (χ4v) is 3.19. The molecule has 2 atom stereocenters. The molecule has 0 saturated heterocycles. The van der Waals surface area contributed by atoms with Crippen molar-refractivity contribution < 1.29 is 27.4 Å². The zero-order valence-corrected chi connectivity index (χ0v) is 13.2. The summed E-state index contributed by atoms with van der Waals surface area (Å²) in [6, 6.07) is 4.40. The second-order valence-corrected chi connectivity index (χ2v) is 6.29. The minimum atomic E-state index is -4.20. The van der Waals surface area contributed by atoms with E-state index >= 15 is 0 Å². The first kappa shape index (κ1) is 16.9. The van der Waals surface area contributed by atoms with Gasteiger partial charge in [0.05, 0.1) is 19.1 Å². The third-order valence-corrected chi connectivity index (χ3v) is 4.48. The number of benzene rings is 1. The average Bonchev–Trinajstić information content (AvgIpc) is 2.78. The van der Waals surface area contributed by atoms with Crippen molar-refractivity contribution in [3.05, 3.63) is 23.8 Å². The second-order valence-electron chi connectivity index (χ2n) is 6.29. The molecule has 3 rings (SSSR count). The topological polar surface area (TPSA) is 47.6 Å². The quantitative estimate of drug-likeness (QED) is 0.891. The minimum absolute atomic E-state index is 0.0558. The van der Waals surface area contributed by atoms with Gasteiger partial charge < -0.3 is 14.8 Å². The number of fused-ring (bicyclic) bond motifs is 1. The van der Waals surface area contributed by atoms with Crippen LogP contribution in [-0.2, 0) is 0 Å². The van der Waals surface area contributed by atoms with E-state index in [0.717, 1.165) is 6.42 Å². The van der Waals surface area contributed by atoms with E-state index in [-0.39, 0.29) is 18.7 Å². The Morgan fingerprint density at radius 3 is 2.58 bits per heavy atom. The SMILES string of the molecule is O=C(N[C@@H]1CCC[C@@H](C(F)(F)F)C1)c1ccc2c(c1)OCCCO2. The maximum absolute atomic E-state index is 12.9. The largest absolute Gasteiger partial charge is 0.490 e. The van der Waals surface area contributed by atoms with Crippen LogP contribution in [0.25, 0.3) is 0 Å². The van der Waals surface area contributed by atoms with E-state index in [4.69, 9.17) is 9.47 Å². The van der Waals surface area contributed by atoms with Gasteiger partial charge in [-0.2, -0.15) is 13.2 Å². The number of hydrogen-bond donors (Lipinski definition) is 1. The number of rotatable bonds is 2. The molecule has 1 saturated carbocycles. The predicted molar refractivity (Wildman–Crippen MR) is 81.3 cm³/mol. The van der Waals surface area contributed by atoms with Crippen molar-refractivity contribution in [1.29, 1.82) is 0 Å². The highest BCUT2D eigenvalue weighted by Crippen LogP contribution is 2.37. The highest BCUT2D eigenvalue weighted by atomic mass is 19.4. The van der Waals surface area contributed by atoms with Crippen LogP contribution in [0.2, 0.25) is 0 Å². The van der Waals surface area contributed by atoms with Gasteiger partial charge in [0, 0.05) is 18.0 Å². The molecule has 1 fully saturated rings. The van der Waals surface area contributed by atoms with Gasteiger partial charge in [-0.3, -0.25) is 4.79 Å². The second kappa shape index (κ2) is 6.91. The lowest BCUT2D eigenvalue weighted by molar-refractivity contribution is -0.183. The van der Waals surface area contributed by atoms with E-state index in [1.807, 2.05) is 0 Å². The molecule has 1 aliphatic heterocycles. The monoisotopic (exact) mass is 343 g/mol. The normalized spacial score (nSPS) is 24.1. The van der Waals surface area contributed by atoms with E-state index in [2.05, 4.69) is 5.32 Å². The Bertz CT molecular complexity index is 603. The van der Waals surface area contributed by atoms with Gasteiger partial charge in [0.2, 0.25) is 0 Å². The Morgan fingerprint density at radius 2 is 1.83 bits per heavy atom. The van der Waals surface area contributed by atoms with Crippen molar-refractivity contribution in [2.45, 2.75) is 44.3 Å². The van der Waals surface area contributed by atoms with Crippen LogP contribution in [0.4, 0.5) is 13.2 Å². The molecule has 1 aromatic carbocycles. The van der Waals surface area contributed by atoms with E-state index < -0.39 is 18.1 Å². The maximum atomic E-state index is 12.9. The number of alkyl halides is 3. The summed E-state index contributed by atoms with van der Waals surface area (Å²) in [5.74, 6) is -0.630. The van der Waals surface area contributed by atoms with Gasteiger partial charge in [-0.25, -0.2) is 0 Å². The molecular weight excluding hydrogens is 323 g/mol. The molecule has 7 heteroatoms. The molecule has 0 bridgehead atoms. The Labute approximate surface area is 138 Å². The number of hydrogen-bond acceptors (Lipinski definition) is 3. The maximum Gasteiger partial charge on any atom is 0.391 e. The lowest BCUT2D eigenvalue weighted by atomic mass is 9.85. The van der Waals surface area contributed by atoms with E-state index in [0.29, 0.717) is 43.1 Å². The van der Waals surface area contributed by atoms with Crippen LogP contribution in [0.5, 0.6) is 11.5 Å². The van der Waals surface area contributed by atoms with Crippen LogP contribution in [0, 0.1) is 5.92 Å². The third-order valence-electron chi connectivity index (χ3n) is 4.48. The average molecular weight is 343 g/mol. The molecule has 0 radical (unpaired) electrons. The first-order chi connectivity index (χ1) is 11.4. The lowest BCUT2D eigenvalue weighted by Gasteiger charge is -2.31. The summed E-state index contributed by atoms with van der Waals surface area (Å²) in [7, 11) is 0. The van der Waals surface area contributed by atoms with Gasteiger partial charge in [-0.1, -0.05) is 6.42 Å². The number of amides is 1. The van der Waals surface area contributed by atoms with Crippen molar-refractivity contribution in [2.24, 2.45) is 5.92 Å². The summed E-state index contributed by atoms with van der Waals surface area (Å²) >= 11 is 0. The molecular formula is C17H20F3NO3. The smallest absolute Gasteiger partial charge is 0.391 e. The van der Waals surface area contributed by atoms with E-state index in [9.17, 15) is 18.0 Å². The molecule has 1 aromatic rings. The van der Waals surface area contributed by atoms with Crippen LogP contribution in [0.15, 0.2) is 18.2 Å². The fourth-order valence-electron chi connectivity index (χ4n) is 3.19. The number of carbonyl (C=O) groups is 1. The fraction of sp³-hybridized carbons (Fsp3) is 0.588. The molecule has 1 N–H and O–H groups in total. The summed E-state index contributed by atoms with van der Waals surface area (Å²) in [5.41, 5.74) is 0.369. The highest BCUT2D eigenvalue weighted by molar-refractivity contribution is 5.95. The first-order valence-electron chi connectivity index (χ1n) is 8.21. The zero-order valence-electron chi connectivity index (χ0n) is 13.2. The Hall–Kier alpha value is -1.92. The van der Waals surface area contributed by atoms with Crippen molar-refractivity contribution in [1.82, 2.24) is 5.32 Å². The molecule has 0 unspecified atom stereocenters. The van der Waals surface area contributed by atoms with Crippen LogP contribution < -0.4 is 14.8 Å². The van der Waals surface area contributed by atoms with Crippen LogP contribution in [-0.4, -0.2) is 31.3 Å².